The van der Waals surface area contributed by atoms with Crippen LogP contribution in [0.15, 0.2) is 30.3 Å². The van der Waals surface area contributed by atoms with Gasteiger partial charge in [-0.05, 0) is 19.2 Å². The van der Waals surface area contributed by atoms with Gasteiger partial charge in [-0.3, -0.25) is 0 Å². The molecule has 0 saturated heterocycles. The van der Waals surface area contributed by atoms with Crippen molar-refractivity contribution >= 4 is 5.69 Å². The summed E-state index contributed by atoms with van der Waals surface area (Å²) in [6, 6.07) is 10.7. The quantitative estimate of drug-likeness (QED) is 0.738. The minimum Gasteiger partial charge on any atom is -0.388 e. The highest BCUT2D eigenvalue weighted by Crippen LogP contribution is 2.01. The van der Waals surface area contributed by atoms with Gasteiger partial charge in [-0.15, -0.1) is 0 Å². The van der Waals surface area contributed by atoms with Crippen molar-refractivity contribution in [3.63, 3.8) is 0 Å². The number of nitrogens with one attached hydrogen (secondary N) is 2. The fourth-order valence-electron chi connectivity index (χ4n) is 0.605. The summed E-state index contributed by atoms with van der Waals surface area (Å²) in [5, 5.41) is 6.05. The summed E-state index contributed by atoms with van der Waals surface area (Å²) in [6.07, 6.45) is 0. The summed E-state index contributed by atoms with van der Waals surface area (Å²) < 4.78 is 0. The van der Waals surface area contributed by atoms with Crippen LogP contribution in [0.1, 0.15) is 16.7 Å². The molecule has 1 aromatic carbocycles. The third-order valence-corrected chi connectivity index (χ3v) is 1.64. The van der Waals surface area contributed by atoms with E-state index in [1.54, 1.807) is 0 Å². The molecule has 78 valence electrons. The van der Waals surface area contributed by atoms with Gasteiger partial charge in [0.25, 0.3) is 0 Å². The van der Waals surface area contributed by atoms with E-state index in [1.807, 2.05) is 44.4 Å². The summed E-state index contributed by atoms with van der Waals surface area (Å²) in [7, 11) is 3.86. The van der Waals surface area contributed by atoms with Crippen molar-refractivity contribution < 1.29 is 2.85 Å². The highest BCUT2D eigenvalue weighted by molar-refractivity contribution is 5.41. The van der Waals surface area contributed by atoms with Gasteiger partial charge < -0.3 is 10.6 Å². The summed E-state index contributed by atoms with van der Waals surface area (Å²) >= 11 is 0. The topological polar surface area (TPSA) is 24.1 Å². The van der Waals surface area contributed by atoms with Crippen molar-refractivity contribution in [2.24, 2.45) is 0 Å². The van der Waals surface area contributed by atoms with Gasteiger partial charge in [-0.1, -0.05) is 32.0 Å². The molecule has 13 heavy (non-hydrogen) atoms. The van der Waals surface area contributed by atoms with Gasteiger partial charge in [0.1, 0.15) is 0 Å². The molecule has 0 aliphatic heterocycles. The molecule has 1 rings (SSSR count). The SMILES string of the molecule is CNC(C)C.CNc1ccccc1.[HH].[HH]. The van der Waals surface area contributed by atoms with Gasteiger partial charge in [0.15, 0.2) is 0 Å². The van der Waals surface area contributed by atoms with E-state index in [0.717, 1.165) is 5.69 Å². The van der Waals surface area contributed by atoms with Crippen molar-refractivity contribution in [3.8, 4) is 0 Å². The van der Waals surface area contributed by atoms with Crippen LogP contribution in [0.4, 0.5) is 5.69 Å². The van der Waals surface area contributed by atoms with Gasteiger partial charge in [-0.25, -0.2) is 0 Å². The van der Waals surface area contributed by atoms with Crippen LogP contribution in [0.25, 0.3) is 0 Å². The molecule has 2 nitrogen and oxygen atoms in total. The van der Waals surface area contributed by atoms with E-state index in [2.05, 4.69) is 24.5 Å². The number of anilines is 1. The zero-order valence-corrected chi connectivity index (χ0v) is 8.96. The number of para-hydroxylation sites is 1. The molecule has 0 saturated carbocycles. The molecule has 0 unspecified atom stereocenters. The Labute approximate surface area is 84.3 Å². The molecule has 0 aliphatic carbocycles. The van der Waals surface area contributed by atoms with Crippen LogP contribution in [0, 0.1) is 0 Å². The van der Waals surface area contributed by atoms with Crippen LogP contribution in [-0.2, 0) is 0 Å². The Bertz CT molecular complexity index is 203. The Morgan fingerprint density at radius 2 is 1.54 bits per heavy atom. The molecular formula is C11H24N2. The second kappa shape index (κ2) is 7.62. The molecule has 0 fully saturated rings. The van der Waals surface area contributed by atoms with Crippen LogP contribution in [0.2, 0.25) is 0 Å². The molecule has 0 spiro atoms. The van der Waals surface area contributed by atoms with Crippen molar-refractivity contribution in [1.82, 2.24) is 5.32 Å². The number of hydrogen-bond acceptors (Lipinski definition) is 2. The lowest BCUT2D eigenvalue weighted by Gasteiger charge is -1.95. The number of rotatable bonds is 2. The van der Waals surface area contributed by atoms with Gasteiger partial charge in [0, 0.05) is 21.6 Å². The predicted octanol–water partition coefficient (Wildman–Crippen LogP) is 2.83. The largest absolute Gasteiger partial charge is 0.388 e. The molecule has 0 radical (unpaired) electrons. The lowest BCUT2D eigenvalue weighted by Crippen LogP contribution is -2.15. The molecule has 0 aromatic heterocycles. The fourth-order valence-corrected chi connectivity index (χ4v) is 0.605. The Morgan fingerprint density at radius 3 is 1.77 bits per heavy atom. The van der Waals surface area contributed by atoms with Crippen molar-refractivity contribution in [1.29, 1.82) is 0 Å². The Balaban J connectivity index is -0.000000185. The minimum absolute atomic E-state index is 0. The summed E-state index contributed by atoms with van der Waals surface area (Å²) in [5.74, 6) is 0. The lowest BCUT2D eigenvalue weighted by atomic mass is 10.3. The van der Waals surface area contributed by atoms with E-state index in [1.165, 1.54) is 0 Å². The van der Waals surface area contributed by atoms with E-state index >= 15 is 0 Å². The van der Waals surface area contributed by atoms with Crippen molar-refractivity contribution in [3.05, 3.63) is 30.3 Å². The van der Waals surface area contributed by atoms with Crippen molar-refractivity contribution in [2.45, 2.75) is 19.9 Å². The molecule has 0 aliphatic rings. The Morgan fingerprint density at radius 1 is 1.08 bits per heavy atom. The molecule has 2 heteroatoms. The van der Waals surface area contributed by atoms with Crippen LogP contribution >= 0.6 is 0 Å². The number of hydrogen-bond donors (Lipinski definition) is 2. The molecule has 0 atom stereocenters. The number of benzene rings is 1. The smallest absolute Gasteiger partial charge is 0.0337 e. The summed E-state index contributed by atoms with van der Waals surface area (Å²) in [4.78, 5) is 0. The first-order chi connectivity index (χ1) is 6.20. The first-order valence-electron chi connectivity index (χ1n) is 4.60. The molecule has 1 aromatic rings. The third-order valence-electron chi connectivity index (χ3n) is 1.64. The lowest BCUT2D eigenvalue weighted by molar-refractivity contribution is 0.668. The molecule has 0 bridgehead atoms. The second-order valence-electron chi connectivity index (χ2n) is 3.06. The normalized spacial score (nSPS) is 9.00. The maximum atomic E-state index is 3.03. The average molecular weight is 184 g/mol. The second-order valence-corrected chi connectivity index (χ2v) is 3.06. The van der Waals surface area contributed by atoms with Crippen LogP contribution < -0.4 is 10.6 Å². The van der Waals surface area contributed by atoms with E-state index in [-0.39, 0.29) is 2.85 Å². The highest BCUT2D eigenvalue weighted by atomic mass is 14.8. The molecule has 0 amide bonds. The Kier molecular flexibility index (Phi) is 7.02. The van der Waals surface area contributed by atoms with Crippen LogP contribution in [-0.4, -0.2) is 20.1 Å². The van der Waals surface area contributed by atoms with Crippen molar-refractivity contribution in [2.75, 3.05) is 19.4 Å². The van der Waals surface area contributed by atoms with Gasteiger partial charge in [-0.2, -0.15) is 0 Å². The predicted molar refractivity (Wildman–Crippen MR) is 64.4 cm³/mol. The van der Waals surface area contributed by atoms with E-state index in [0.29, 0.717) is 6.04 Å². The van der Waals surface area contributed by atoms with Gasteiger partial charge in [0.2, 0.25) is 0 Å². The summed E-state index contributed by atoms with van der Waals surface area (Å²) in [5.41, 5.74) is 1.16. The maximum absolute atomic E-state index is 3.03. The molecule has 0 heterocycles. The van der Waals surface area contributed by atoms with E-state index in [4.69, 9.17) is 0 Å². The van der Waals surface area contributed by atoms with Crippen LogP contribution in [0.3, 0.4) is 0 Å². The van der Waals surface area contributed by atoms with Gasteiger partial charge >= 0.3 is 0 Å². The zero-order chi connectivity index (χ0) is 10.1. The zero-order valence-electron chi connectivity index (χ0n) is 8.96. The third kappa shape index (κ3) is 7.34. The Hall–Kier alpha value is -1.02. The van der Waals surface area contributed by atoms with Gasteiger partial charge in [0.05, 0.1) is 0 Å². The van der Waals surface area contributed by atoms with E-state index < -0.39 is 0 Å². The monoisotopic (exact) mass is 184 g/mol. The first kappa shape index (κ1) is 12.0. The molecular weight excluding hydrogens is 160 g/mol. The first-order valence-corrected chi connectivity index (χ1v) is 4.60. The highest BCUT2D eigenvalue weighted by Gasteiger charge is 1.78. The fraction of sp³-hybridized carbons (Fsp3) is 0.455. The maximum Gasteiger partial charge on any atom is 0.0337 e. The molecule has 2 N–H and O–H groups in total. The standard InChI is InChI=1S/C7H9N.C4H11N.2H2/c1-8-7-5-3-2-4-6-7;1-4(2)5-3;;/h2-6,8H,1H3;4-5H,1-3H3;2*1H. The minimum atomic E-state index is 0. The summed E-state index contributed by atoms with van der Waals surface area (Å²) in [6.45, 7) is 4.22. The van der Waals surface area contributed by atoms with Crippen LogP contribution in [0.5, 0.6) is 0 Å². The van der Waals surface area contributed by atoms with E-state index in [9.17, 15) is 0 Å². The average Bonchev–Trinajstić information content (AvgIpc) is 2.20.